The van der Waals surface area contributed by atoms with Crippen LogP contribution in [0.15, 0.2) is 0 Å². The second kappa shape index (κ2) is 18.8. The molecule has 0 saturated heterocycles. The van der Waals surface area contributed by atoms with Crippen molar-refractivity contribution >= 4 is 5.97 Å². The first kappa shape index (κ1) is 19.8. The van der Waals surface area contributed by atoms with Gasteiger partial charge in [-0.3, -0.25) is 0 Å². The van der Waals surface area contributed by atoms with Crippen LogP contribution < -0.4 is 10.8 Å². The monoisotopic (exact) mass is 259 g/mol. The predicted molar refractivity (Wildman–Crippen MR) is 74.9 cm³/mol. The molecule has 3 heteroatoms. The van der Waals surface area contributed by atoms with Gasteiger partial charge < -0.3 is 15.6 Å². The van der Waals surface area contributed by atoms with Gasteiger partial charge in [0.05, 0.1) is 6.54 Å². The molecule has 110 valence electrons. The molecule has 0 aliphatic carbocycles. The molecule has 0 amide bonds. The van der Waals surface area contributed by atoms with Crippen molar-refractivity contribution in [3.8, 4) is 0 Å². The summed E-state index contributed by atoms with van der Waals surface area (Å²) < 4.78 is 0. The molecule has 0 aliphatic rings. The molecule has 0 fully saturated rings. The average Bonchev–Trinajstić information content (AvgIpc) is 2.37. The van der Waals surface area contributed by atoms with Crippen molar-refractivity contribution in [2.45, 2.75) is 84.5 Å². The molecule has 3 N–H and O–H groups in total. The molecule has 18 heavy (non-hydrogen) atoms. The van der Waals surface area contributed by atoms with Gasteiger partial charge in [0.25, 0.3) is 0 Å². The summed E-state index contributed by atoms with van der Waals surface area (Å²) in [5.41, 5.74) is 3.60. The maximum atomic E-state index is 10.1. The van der Waals surface area contributed by atoms with Gasteiger partial charge in [0.1, 0.15) is 0 Å². The second-order valence-corrected chi connectivity index (χ2v) is 4.80. The minimum Gasteiger partial charge on any atom is -0.550 e. The molecule has 0 bridgehead atoms. The third-order valence-corrected chi connectivity index (χ3v) is 2.84. The third kappa shape index (κ3) is 24.6. The normalized spacial score (nSPS) is 9.72. The van der Waals surface area contributed by atoms with Crippen LogP contribution in [0, 0.1) is 0 Å². The van der Waals surface area contributed by atoms with Gasteiger partial charge in [0, 0.05) is 5.97 Å². The van der Waals surface area contributed by atoms with E-state index in [1.165, 1.54) is 51.4 Å². The van der Waals surface area contributed by atoms with Crippen LogP contribution in [0.2, 0.25) is 0 Å². The molecule has 0 radical (unpaired) electrons. The van der Waals surface area contributed by atoms with E-state index in [9.17, 15) is 9.90 Å². The number of hydrogen-bond acceptors (Lipinski definition) is 2. The molecule has 0 atom stereocenters. The largest absolute Gasteiger partial charge is 0.550 e. The van der Waals surface area contributed by atoms with E-state index in [1.807, 2.05) is 0 Å². The number of aliphatic carboxylic acids is 1. The Hall–Kier alpha value is -0.570. The summed E-state index contributed by atoms with van der Waals surface area (Å²) in [6, 6.07) is 0. The number of carboxylic acids is 1. The summed E-state index contributed by atoms with van der Waals surface area (Å²) in [6.45, 7) is 5.41. The average molecular weight is 259 g/mol. The van der Waals surface area contributed by atoms with Crippen LogP contribution in [0.1, 0.15) is 84.5 Å². The quantitative estimate of drug-likeness (QED) is 0.578. The van der Waals surface area contributed by atoms with Gasteiger partial charge in [-0.1, -0.05) is 65.2 Å². The highest BCUT2D eigenvalue weighted by molar-refractivity contribution is 5.63. The fourth-order valence-corrected chi connectivity index (χ4v) is 1.58. The highest BCUT2D eigenvalue weighted by atomic mass is 16.4. The predicted octanol–water partition coefficient (Wildman–Crippen LogP) is 2.30. The summed E-state index contributed by atoms with van der Waals surface area (Å²) in [4.78, 5) is 10.1. The second-order valence-electron chi connectivity index (χ2n) is 4.80. The molecule has 3 nitrogen and oxygen atoms in total. The Morgan fingerprint density at radius 2 is 1.22 bits per heavy atom. The zero-order valence-corrected chi connectivity index (χ0v) is 12.5. The Labute approximate surface area is 113 Å². The molecule has 0 heterocycles. The summed E-state index contributed by atoms with van der Waals surface area (Å²) in [6.07, 6.45) is 12.4. The van der Waals surface area contributed by atoms with Gasteiger partial charge in [0.2, 0.25) is 0 Å². The van der Waals surface area contributed by atoms with Crippen LogP contribution >= 0.6 is 0 Å². The Balaban J connectivity index is 0. The number of quaternary nitrogens is 1. The van der Waals surface area contributed by atoms with Crippen molar-refractivity contribution in [2.75, 3.05) is 6.54 Å². The lowest BCUT2D eigenvalue weighted by Crippen LogP contribution is -2.49. The number of hydrogen-bond donors (Lipinski definition) is 1. The molecule has 0 aromatic rings. The van der Waals surface area contributed by atoms with E-state index >= 15 is 0 Å². The van der Waals surface area contributed by atoms with Crippen molar-refractivity contribution < 1.29 is 15.6 Å². The van der Waals surface area contributed by atoms with Crippen LogP contribution in [0.5, 0.6) is 0 Å². The molecular formula is C15H33NO2. The third-order valence-electron chi connectivity index (χ3n) is 2.84. The van der Waals surface area contributed by atoms with Gasteiger partial charge in [-0.2, -0.15) is 0 Å². The van der Waals surface area contributed by atoms with Crippen LogP contribution in [0.25, 0.3) is 0 Å². The summed E-state index contributed by atoms with van der Waals surface area (Å²) in [5.74, 6) is -0.909. The number of carbonyl (C=O) groups is 1. The maximum Gasteiger partial charge on any atom is 0.0737 e. The van der Waals surface area contributed by atoms with E-state index in [1.54, 1.807) is 0 Å². The molecular weight excluding hydrogens is 226 g/mol. The zero-order chi connectivity index (χ0) is 14.1. The summed E-state index contributed by atoms with van der Waals surface area (Å²) >= 11 is 0. The number of carbonyl (C=O) groups excluding carboxylic acids is 1. The molecule has 0 saturated carbocycles. The van der Waals surface area contributed by atoms with Crippen molar-refractivity contribution in [3.05, 3.63) is 0 Å². The van der Waals surface area contributed by atoms with Crippen LogP contribution in [0.4, 0.5) is 0 Å². The lowest BCUT2D eigenvalue weighted by Gasteiger charge is -2.02. The van der Waals surface area contributed by atoms with E-state index in [-0.39, 0.29) is 6.42 Å². The van der Waals surface area contributed by atoms with E-state index in [0.29, 0.717) is 0 Å². The van der Waals surface area contributed by atoms with Crippen molar-refractivity contribution in [1.29, 1.82) is 0 Å². The summed E-state index contributed by atoms with van der Waals surface area (Å²) in [7, 11) is 0. The maximum absolute atomic E-state index is 10.1. The van der Waals surface area contributed by atoms with E-state index < -0.39 is 5.97 Å². The Morgan fingerprint density at radius 1 is 0.833 bits per heavy atom. The SMILES string of the molecule is CCCCCCCCCCCC(=O)[O-].CCC[NH3+]. The lowest BCUT2D eigenvalue weighted by molar-refractivity contribution is -0.367. The molecule has 0 unspecified atom stereocenters. The number of rotatable bonds is 11. The first-order chi connectivity index (χ1) is 8.68. The van der Waals surface area contributed by atoms with Crippen molar-refractivity contribution in [2.24, 2.45) is 0 Å². The fourth-order valence-electron chi connectivity index (χ4n) is 1.58. The van der Waals surface area contributed by atoms with Gasteiger partial charge >= 0.3 is 0 Å². The molecule has 0 aliphatic heterocycles. The fraction of sp³-hybridized carbons (Fsp3) is 0.933. The summed E-state index contributed by atoms with van der Waals surface area (Å²) in [5, 5.41) is 10.1. The first-order valence-corrected chi connectivity index (χ1v) is 7.68. The highest BCUT2D eigenvalue weighted by Gasteiger charge is 1.92. The molecule has 0 aromatic heterocycles. The highest BCUT2D eigenvalue weighted by Crippen LogP contribution is 2.09. The Morgan fingerprint density at radius 3 is 1.56 bits per heavy atom. The standard InChI is InChI=1S/C12H24O2.C3H9N/c1-2-3-4-5-6-7-8-9-10-11-12(13)14;1-2-3-4/h2-11H2,1H3,(H,13,14);2-4H2,1H3. The minimum absolute atomic E-state index is 0.232. The molecule has 0 rings (SSSR count). The smallest absolute Gasteiger partial charge is 0.0737 e. The van der Waals surface area contributed by atoms with Gasteiger partial charge in [-0.25, -0.2) is 0 Å². The molecule has 0 aromatic carbocycles. The first-order valence-electron chi connectivity index (χ1n) is 7.68. The zero-order valence-electron chi connectivity index (χ0n) is 12.5. The number of unbranched alkanes of at least 4 members (excludes halogenated alkanes) is 8. The van der Waals surface area contributed by atoms with Crippen molar-refractivity contribution in [1.82, 2.24) is 0 Å². The molecule has 0 spiro atoms. The van der Waals surface area contributed by atoms with Gasteiger partial charge in [-0.15, -0.1) is 0 Å². The van der Waals surface area contributed by atoms with Crippen LogP contribution in [-0.2, 0) is 4.79 Å². The van der Waals surface area contributed by atoms with Crippen molar-refractivity contribution in [3.63, 3.8) is 0 Å². The van der Waals surface area contributed by atoms with Crippen LogP contribution in [-0.4, -0.2) is 12.5 Å². The van der Waals surface area contributed by atoms with E-state index in [4.69, 9.17) is 0 Å². The van der Waals surface area contributed by atoms with E-state index in [0.717, 1.165) is 19.4 Å². The topological polar surface area (TPSA) is 67.8 Å². The Bertz CT molecular complexity index is 159. The van der Waals surface area contributed by atoms with Crippen LogP contribution in [0.3, 0.4) is 0 Å². The minimum atomic E-state index is -0.909. The number of carboxylic acid groups (broad SMARTS) is 1. The van der Waals surface area contributed by atoms with Gasteiger partial charge in [0.15, 0.2) is 0 Å². The van der Waals surface area contributed by atoms with Gasteiger partial charge in [-0.05, 0) is 19.3 Å². The van der Waals surface area contributed by atoms with E-state index in [2.05, 4.69) is 19.6 Å². The Kier molecular flexibility index (Phi) is 20.6. The lowest BCUT2D eigenvalue weighted by atomic mass is 10.1.